The van der Waals surface area contributed by atoms with E-state index in [0.29, 0.717) is 6.04 Å². The number of anilines is 1. The van der Waals surface area contributed by atoms with Crippen molar-refractivity contribution in [3.63, 3.8) is 0 Å². The molecule has 4 heteroatoms. The molecule has 1 aromatic carbocycles. The van der Waals surface area contributed by atoms with Crippen LogP contribution in [0.4, 0.5) is 5.69 Å². The molecule has 0 aliphatic carbocycles. The van der Waals surface area contributed by atoms with E-state index in [2.05, 4.69) is 49.2 Å². The first-order valence-corrected chi connectivity index (χ1v) is 7.38. The summed E-state index contributed by atoms with van der Waals surface area (Å²) in [6.45, 7) is 9.88. The molecule has 1 aliphatic heterocycles. The van der Waals surface area contributed by atoms with Crippen molar-refractivity contribution in [3.8, 4) is 0 Å². The fraction of sp³-hybridized carbons (Fsp3) is 0.600. The van der Waals surface area contributed by atoms with E-state index in [1.807, 2.05) is 0 Å². The molecule has 19 heavy (non-hydrogen) atoms. The molecule has 1 saturated heterocycles. The van der Waals surface area contributed by atoms with Gasteiger partial charge in [0.1, 0.15) is 0 Å². The first-order valence-electron chi connectivity index (χ1n) is 7.00. The van der Waals surface area contributed by atoms with Gasteiger partial charge in [0.25, 0.3) is 0 Å². The average molecular weight is 283 g/mol. The number of hydrogen-bond donors (Lipinski definition) is 1. The molecule has 0 aromatic heterocycles. The molecule has 1 N–H and O–H groups in total. The summed E-state index contributed by atoms with van der Waals surface area (Å²) in [5.41, 5.74) is 2.35. The lowest BCUT2D eigenvalue weighted by Gasteiger charge is -2.35. The molecule has 2 rings (SSSR count). The minimum absolute atomic E-state index is 0.286. The maximum absolute atomic E-state index is 6.43. The van der Waals surface area contributed by atoms with Crippen LogP contribution in [0.25, 0.3) is 0 Å². The predicted molar refractivity (Wildman–Crippen MR) is 81.2 cm³/mol. The fourth-order valence-electron chi connectivity index (χ4n) is 2.57. The number of rotatable bonds is 4. The van der Waals surface area contributed by atoms with Gasteiger partial charge < -0.3 is 15.0 Å². The van der Waals surface area contributed by atoms with E-state index in [-0.39, 0.29) is 6.04 Å². The number of benzene rings is 1. The van der Waals surface area contributed by atoms with Gasteiger partial charge in [0.2, 0.25) is 0 Å². The van der Waals surface area contributed by atoms with Crippen LogP contribution in [0, 0.1) is 0 Å². The molecule has 2 unspecified atom stereocenters. The van der Waals surface area contributed by atoms with Crippen LogP contribution in [-0.2, 0) is 4.74 Å². The van der Waals surface area contributed by atoms with Crippen LogP contribution in [-0.4, -0.2) is 32.3 Å². The summed E-state index contributed by atoms with van der Waals surface area (Å²) in [5, 5.41) is 4.23. The predicted octanol–water partition coefficient (Wildman–Crippen LogP) is 3.24. The number of nitrogens with zero attached hydrogens (tertiary/aromatic N) is 1. The van der Waals surface area contributed by atoms with Gasteiger partial charge in [0, 0.05) is 29.3 Å². The zero-order valence-electron chi connectivity index (χ0n) is 11.9. The summed E-state index contributed by atoms with van der Waals surface area (Å²) in [6, 6.07) is 7.06. The highest BCUT2D eigenvalue weighted by molar-refractivity contribution is 6.31. The Morgan fingerprint density at radius 2 is 2.32 bits per heavy atom. The highest BCUT2D eigenvalue weighted by atomic mass is 35.5. The maximum atomic E-state index is 6.43. The lowest BCUT2D eigenvalue weighted by molar-refractivity contribution is 0.0989. The number of nitrogens with one attached hydrogen (secondary N) is 1. The molecule has 0 amide bonds. The second-order valence-corrected chi connectivity index (χ2v) is 5.51. The first-order chi connectivity index (χ1) is 9.13. The van der Waals surface area contributed by atoms with Crippen molar-refractivity contribution in [2.45, 2.75) is 32.9 Å². The Hall–Kier alpha value is -0.770. The molecule has 1 aromatic rings. The van der Waals surface area contributed by atoms with E-state index in [1.165, 1.54) is 5.69 Å². The molecular weight excluding hydrogens is 260 g/mol. The largest absolute Gasteiger partial charge is 0.377 e. The van der Waals surface area contributed by atoms with Crippen molar-refractivity contribution >= 4 is 17.3 Å². The monoisotopic (exact) mass is 282 g/mol. The summed E-state index contributed by atoms with van der Waals surface area (Å²) in [5.74, 6) is 0. The van der Waals surface area contributed by atoms with Crippen molar-refractivity contribution in [1.29, 1.82) is 0 Å². The summed E-state index contributed by atoms with van der Waals surface area (Å²) in [6.07, 6.45) is 0. The Kier molecular flexibility index (Phi) is 5.08. The summed E-state index contributed by atoms with van der Waals surface area (Å²) < 4.78 is 5.47. The summed E-state index contributed by atoms with van der Waals surface area (Å²) >= 11 is 6.43. The van der Waals surface area contributed by atoms with Crippen LogP contribution in [0.5, 0.6) is 0 Å². The number of halogens is 1. The zero-order valence-corrected chi connectivity index (χ0v) is 12.7. The minimum Gasteiger partial charge on any atom is -0.377 e. The highest BCUT2D eigenvalue weighted by Crippen LogP contribution is 2.29. The zero-order chi connectivity index (χ0) is 13.8. The normalized spacial score (nSPS) is 21.5. The van der Waals surface area contributed by atoms with E-state index in [1.54, 1.807) is 0 Å². The molecule has 1 aliphatic rings. The van der Waals surface area contributed by atoms with Gasteiger partial charge in [-0.1, -0.05) is 24.6 Å². The van der Waals surface area contributed by atoms with Crippen molar-refractivity contribution in [2.75, 3.05) is 31.2 Å². The Balaban J connectivity index is 2.18. The molecule has 1 fully saturated rings. The van der Waals surface area contributed by atoms with Gasteiger partial charge in [0.15, 0.2) is 0 Å². The van der Waals surface area contributed by atoms with Crippen molar-refractivity contribution in [3.05, 3.63) is 28.8 Å². The minimum atomic E-state index is 0.286. The topological polar surface area (TPSA) is 24.5 Å². The van der Waals surface area contributed by atoms with Gasteiger partial charge in [0.05, 0.1) is 13.2 Å². The lowest BCUT2D eigenvalue weighted by Crippen LogP contribution is -2.43. The quantitative estimate of drug-likeness (QED) is 0.918. The number of ether oxygens (including phenoxy) is 1. The molecule has 1 heterocycles. The third kappa shape index (κ3) is 3.41. The van der Waals surface area contributed by atoms with E-state index in [4.69, 9.17) is 16.3 Å². The van der Waals surface area contributed by atoms with Gasteiger partial charge in [-0.15, -0.1) is 0 Å². The van der Waals surface area contributed by atoms with E-state index >= 15 is 0 Å². The third-order valence-electron chi connectivity index (χ3n) is 3.66. The average Bonchev–Trinajstić information content (AvgIpc) is 2.39. The number of hydrogen-bond acceptors (Lipinski definition) is 3. The second-order valence-electron chi connectivity index (χ2n) is 5.10. The van der Waals surface area contributed by atoms with Crippen LogP contribution < -0.4 is 10.2 Å². The van der Waals surface area contributed by atoms with Crippen LogP contribution in [0.2, 0.25) is 5.02 Å². The van der Waals surface area contributed by atoms with Crippen LogP contribution in [0.3, 0.4) is 0 Å². The van der Waals surface area contributed by atoms with Crippen LogP contribution >= 0.6 is 11.6 Å². The molecule has 3 nitrogen and oxygen atoms in total. The van der Waals surface area contributed by atoms with E-state index < -0.39 is 0 Å². The van der Waals surface area contributed by atoms with Gasteiger partial charge in [-0.3, -0.25) is 0 Å². The Bertz CT molecular complexity index is 425. The Morgan fingerprint density at radius 1 is 1.53 bits per heavy atom. The van der Waals surface area contributed by atoms with Crippen molar-refractivity contribution in [2.24, 2.45) is 0 Å². The van der Waals surface area contributed by atoms with Crippen LogP contribution in [0.15, 0.2) is 18.2 Å². The third-order valence-corrected chi connectivity index (χ3v) is 3.99. The molecule has 0 saturated carbocycles. The van der Waals surface area contributed by atoms with Gasteiger partial charge >= 0.3 is 0 Å². The van der Waals surface area contributed by atoms with E-state index in [9.17, 15) is 0 Å². The summed E-state index contributed by atoms with van der Waals surface area (Å²) in [7, 11) is 0. The highest BCUT2D eigenvalue weighted by Gasteiger charge is 2.20. The van der Waals surface area contributed by atoms with E-state index in [0.717, 1.165) is 36.9 Å². The molecule has 2 atom stereocenters. The molecule has 0 bridgehead atoms. The van der Waals surface area contributed by atoms with Crippen LogP contribution in [0.1, 0.15) is 32.4 Å². The smallest absolute Gasteiger partial charge is 0.0668 e. The molecule has 0 radical (unpaired) electrons. The standard InChI is InChI=1S/C15H23ClN2O/c1-4-17-12(3)14-6-5-13(9-15(14)16)18-7-8-19-10-11(18)2/h5-6,9,11-12,17H,4,7-8,10H2,1-3H3. The SMILES string of the molecule is CCNC(C)c1ccc(N2CCOCC2C)cc1Cl. The van der Waals surface area contributed by atoms with Crippen molar-refractivity contribution in [1.82, 2.24) is 5.32 Å². The van der Waals surface area contributed by atoms with Gasteiger partial charge in [-0.05, 0) is 38.1 Å². The second kappa shape index (κ2) is 6.60. The number of morpholine rings is 1. The van der Waals surface area contributed by atoms with Gasteiger partial charge in [-0.2, -0.15) is 0 Å². The molecule has 0 spiro atoms. The van der Waals surface area contributed by atoms with Crippen molar-refractivity contribution < 1.29 is 4.74 Å². The Morgan fingerprint density at radius 3 is 2.95 bits per heavy atom. The first kappa shape index (κ1) is 14.6. The molecule has 106 valence electrons. The maximum Gasteiger partial charge on any atom is 0.0668 e. The molecular formula is C15H23ClN2O. The Labute approximate surface area is 120 Å². The summed E-state index contributed by atoms with van der Waals surface area (Å²) in [4.78, 5) is 2.36. The van der Waals surface area contributed by atoms with Gasteiger partial charge in [-0.25, -0.2) is 0 Å². The lowest BCUT2D eigenvalue weighted by atomic mass is 10.1. The fourth-order valence-corrected chi connectivity index (χ4v) is 2.91.